The van der Waals surface area contributed by atoms with E-state index in [0.717, 1.165) is 12.1 Å². The Kier molecular flexibility index (Phi) is 5.45. The molecule has 2 amide bonds. The average Bonchev–Trinajstić information content (AvgIpc) is 3.19. The van der Waals surface area contributed by atoms with E-state index < -0.39 is 0 Å². The van der Waals surface area contributed by atoms with E-state index in [1.54, 1.807) is 25.6 Å². The fourth-order valence-corrected chi connectivity index (χ4v) is 3.12. The van der Waals surface area contributed by atoms with Crippen molar-refractivity contribution in [1.29, 1.82) is 0 Å². The topological polar surface area (TPSA) is 79.3 Å². The summed E-state index contributed by atoms with van der Waals surface area (Å²) in [7, 11) is 1.61. The highest BCUT2D eigenvalue weighted by Crippen LogP contribution is 2.24. The molecule has 1 aliphatic rings. The van der Waals surface area contributed by atoms with Gasteiger partial charge in [0.2, 0.25) is 5.91 Å². The summed E-state index contributed by atoms with van der Waals surface area (Å²) >= 11 is 0. The number of aryl methyl sites for hydroxylation is 1. The molecule has 1 aromatic carbocycles. The molecule has 0 bridgehead atoms. The molecule has 132 valence electrons. The number of hydrogen-bond donors (Lipinski definition) is 2. The number of carbonyl (C=O) groups is 2. The van der Waals surface area contributed by atoms with Gasteiger partial charge in [0.15, 0.2) is 0 Å². The monoisotopic (exact) mass is 341 g/mol. The molecule has 2 aromatic rings. The minimum absolute atomic E-state index is 0.0614. The predicted octanol–water partition coefficient (Wildman–Crippen LogP) is 0.806. The first-order valence-electron chi connectivity index (χ1n) is 8.47. The summed E-state index contributed by atoms with van der Waals surface area (Å²) in [6.45, 7) is 2.75. The second-order valence-electron chi connectivity index (χ2n) is 6.06. The van der Waals surface area contributed by atoms with Crippen molar-refractivity contribution in [3.63, 3.8) is 0 Å². The van der Waals surface area contributed by atoms with Crippen molar-refractivity contribution in [2.75, 3.05) is 26.7 Å². The summed E-state index contributed by atoms with van der Waals surface area (Å²) in [5.41, 5.74) is 1.58. The summed E-state index contributed by atoms with van der Waals surface area (Å²) in [5, 5.41) is 5.98. The number of nitrogens with one attached hydrogen (secondary N) is 2. The lowest BCUT2D eigenvalue weighted by Gasteiger charge is -2.37. The summed E-state index contributed by atoms with van der Waals surface area (Å²) < 4.78 is 1.90. The lowest BCUT2D eigenvalue weighted by Crippen LogP contribution is -2.48. The highest BCUT2D eigenvalue weighted by molar-refractivity contribution is 5.94. The molecule has 2 N–H and O–H groups in total. The first-order chi connectivity index (χ1) is 12.2. The van der Waals surface area contributed by atoms with Crippen molar-refractivity contribution in [2.45, 2.75) is 19.0 Å². The Morgan fingerprint density at radius 2 is 2.28 bits per heavy atom. The molecule has 2 heterocycles. The van der Waals surface area contributed by atoms with E-state index in [9.17, 15) is 9.59 Å². The van der Waals surface area contributed by atoms with Crippen molar-refractivity contribution in [3.05, 3.63) is 54.1 Å². The molecule has 1 saturated heterocycles. The zero-order valence-electron chi connectivity index (χ0n) is 14.3. The molecule has 1 aliphatic heterocycles. The number of hydrogen-bond acceptors (Lipinski definition) is 4. The Morgan fingerprint density at radius 1 is 1.40 bits per heavy atom. The lowest BCUT2D eigenvalue weighted by molar-refractivity contribution is -0.134. The zero-order chi connectivity index (χ0) is 17.6. The predicted molar refractivity (Wildman–Crippen MR) is 94.0 cm³/mol. The standard InChI is InChI=1S/C18H23N5O2/c1-19-18(25)15-4-2-3-14(11-15)16-12-20-7-10-23(16)17(24)5-8-22-9-6-21-13-22/h2-4,6,9,11,13,16,20H,5,7-8,10,12H2,1H3,(H,19,25)/t16-/m0/s1. The van der Waals surface area contributed by atoms with Crippen molar-refractivity contribution < 1.29 is 9.59 Å². The van der Waals surface area contributed by atoms with Crippen LogP contribution < -0.4 is 10.6 Å². The van der Waals surface area contributed by atoms with Crippen molar-refractivity contribution >= 4 is 11.8 Å². The van der Waals surface area contributed by atoms with Crippen LogP contribution in [0.25, 0.3) is 0 Å². The maximum atomic E-state index is 12.7. The van der Waals surface area contributed by atoms with Crippen molar-refractivity contribution in [1.82, 2.24) is 25.1 Å². The lowest BCUT2D eigenvalue weighted by atomic mass is 10.00. The first kappa shape index (κ1) is 17.2. The third kappa shape index (κ3) is 4.06. The molecule has 7 heteroatoms. The molecule has 0 spiro atoms. The maximum absolute atomic E-state index is 12.7. The Hall–Kier alpha value is -2.67. The number of amides is 2. The van der Waals surface area contributed by atoms with Crippen molar-refractivity contribution in [3.8, 4) is 0 Å². The molecule has 1 fully saturated rings. The third-order valence-corrected chi connectivity index (χ3v) is 4.47. The fourth-order valence-electron chi connectivity index (χ4n) is 3.12. The van der Waals surface area contributed by atoms with Crippen LogP contribution in [0.15, 0.2) is 43.0 Å². The molecule has 25 heavy (non-hydrogen) atoms. The van der Waals surface area contributed by atoms with Crippen LogP contribution in [0.4, 0.5) is 0 Å². The minimum atomic E-state index is -0.122. The summed E-state index contributed by atoms with van der Waals surface area (Å²) in [6.07, 6.45) is 5.72. The van der Waals surface area contributed by atoms with Gasteiger partial charge in [-0.3, -0.25) is 9.59 Å². The number of piperazine rings is 1. The second-order valence-corrected chi connectivity index (χ2v) is 6.06. The van der Waals surface area contributed by atoms with Gasteiger partial charge >= 0.3 is 0 Å². The SMILES string of the molecule is CNC(=O)c1cccc([C@@H]2CNCCN2C(=O)CCn2ccnc2)c1. The summed E-state index contributed by atoms with van der Waals surface area (Å²) in [6, 6.07) is 7.42. The average molecular weight is 341 g/mol. The number of benzene rings is 1. The quantitative estimate of drug-likeness (QED) is 0.843. The largest absolute Gasteiger partial charge is 0.355 e. The van der Waals surface area contributed by atoms with Gasteiger partial charge in [0.25, 0.3) is 5.91 Å². The summed E-state index contributed by atoms with van der Waals surface area (Å²) in [5.74, 6) is -0.00542. The van der Waals surface area contributed by atoms with Crippen LogP contribution in [-0.4, -0.2) is 52.9 Å². The molecular formula is C18H23N5O2. The molecule has 0 radical (unpaired) electrons. The van der Waals surface area contributed by atoms with Gasteiger partial charge in [-0.25, -0.2) is 4.98 Å². The third-order valence-electron chi connectivity index (χ3n) is 4.47. The number of imidazole rings is 1. The van der Waals surface area contributed by atoms with E-state index in [1.807, 2.05) is 33.9 Å². The fraction of sp³-hybridized carbons (Fsp3) is 0.389. The molecule has 0 aliphatic carbocycles. The number of nitrogens with zero attached hydrogens (tertiary/aromatic N) is 3. The van der Waals surface area contributed by atoms with E-state index in [4.69, 9.17) is 0 Å². The minimum Gasteiger partial charge on any atom is -0.355 e. The van der Waals surface area contributed by atoms with E-state index in [-0.39, 0.29) is 17.9 Å². The molecular weight excluding hydrogens is 318 g/mol. The second kappa shape index (κ2) is 7.94. The van der Waals surface area contributed by atoms with Crippen LogP contribution in [0.5, 0.6) is 0 Å². The maximum Gasteiger partial charge on any atom is 0.251 e. The Labute approximate surface area is 147 Å². The van der Waals surface area contributed by atoms with E-state index in [2.05, 4.69) is 15.6 Å². The highest BCUT2D eigenvalue weighted by atomic mass is 16.2. The van der Waals surface area contributed by atoms with Crippen molar-refractivity contribution in [2.24, 2.45) is 0 Å². The zero-order valence-corrected chi connectivity index (χ0v) is 14.3. The molecule has 7 nitrogen and oxygen atoms in total. The summed E-state index contributed by atoms with van der Waals surface area (Å²) in [4.78, 5) is 30.5. The Bertz CT molecular complexity index is 729. The van der Waals surface area contributed by atoms with E-state index in [0.29, 0.717) is 31.6 Å². The Morgan fingerprint density at radius 3 is 3.04 bits per heavy atom. The Balaban J connectivity index is 1.74. The molecule has 1 aromatic heterocycles. The molecule has 0 saturated carbocycles. The highest BCUT2D eigenvalue weighted by Gasteiger charge is 2.27. The van der Waals surface area contributed by atoms with Gasteiger partial charge in [-0.05, 0) is 17.7 Å². The number of aromatic nitrogens is 2. The van der Waals surface area contributed by atoms with Crippen LogP contribution in [0, 0.1) is 0 Å². The van der Waals surface area contributed by atoms with Crippen LogP contribution in [0.3, 0.4) is 0 Å². The van der Waals surface area contributed by atoms with Gasteiger partial charge in [-0.1, -0.05) is 12.1 Å². The molecule has 0 unspecified atom stereocenters. The molecule has 1 atom stereocenters. The van der Waals surface area contributed by atoms with Gasteiger partial charge in [0.1, 0.15) is 0 Å². The van der Waals surface area contributed by atoms with Gasteiger partial charge in [0.05, 0.1) is 12.4 Å². The van der Waals surface area contributed by atoms with Crippen LogP contribution in [0.1, 0.15) is 28.4 Å². The van der Waals surface area contributed by atoms with Gasteiger partial charge in [-0.15, -0.1) is 0 Å². The smallest absolute Gasteiger partial charge is 0.251 e. The van der Waals surface area contributed by atoms with Crippen LogP contribution in [-0.2, 0) is 11.3 Å². The van der Waals surface area contributed by atoms with Gasteiger partial charge in [0, 0.05) is 57.6 Å². The van der Waals surface area contributed by atoms with Gasteiger partial charge < -0.3 is 20.1 Å². The van der Waals surface area contributed by atoms with Crippen LogP contribution in [0.2, 0.25) is 0 Å². The first-order valence-corrected chi connectivity index (χ1v) is 8.47. The normalized spacial score (nSPS) is 17.3. The van der Waals surface area contributed by atoms with E-state index in [1.165, 1.54) is 0 Å². The van der Waals surface area contributed by atoms with Crippen LogP contribution >= 0.6 is 0 Å². The van der Waals surface area contributed by atoms with Gasteiger partial charge in [-0.2, -0.15) is 0 Å². The van der Waals surface area contributed by atoms with E-state index >= 15 is 0 Å². The number of carbonyl (C=O) groups excluding carboxylic acids is 2. The molecule has 3 rings (SSSR count). The number of rotatable bonds is 5.